The normalized spacial score (nSPS) is 10.8. The average Bonchev–Trinajstić information content (AvgIpc) is 1.85. The third kappa shape index (κ3) is 4.19. The molecule has 5 heteroatoms. The second kappa shape index (κ2) is 4.35. The Labute approximate surface area is 86.4 Å². The van der Waals surface area contributed by atoms with Crippen LogP contribution < -0.4 is 0 Å². The third-order valence-corrected chi connectivity index (χ3v) is 1.75. The topological polar surface area (TPSA) is 26.3 Å². The van der Waals surface area contributed by atoms with Crippen molar-refractivity contribution in [3.8, 4) is 0 Å². The molecule has 0 bridgehead atoms. The Hall–Kier alpha value is 0.0800. The Bertz CT molecular complexity index is 211. The maximum Gasteiger partial charge on any atom is 0.317 e. The van der Waals surface area contributed by atoms with E-state index in [4.69, 9.17) is 34.8 Å². The van der Waals surface area contributed by atoms with Crippen LogP contribution in [0.25, 0.3) is 0 Å². The van der Waals surface area contributed by atoms with Gasteiger partial charge in [0.25, 0.3) is 0 Å². The van der Waals surface area contributed by atoms with Crippen molar-refractivity contribution in [2.75, 3.05) is 0 Å². The van der Waals surface area contributed by atoms with Crippen molar-refractivity contribution >= 4 is 40.8 Å². The first-order valence-corrected chi connectivity index (χ1v) is 4.31. The molecule has 0 saturated heterocycles. The fraction of sp³-hybridized carbons (Fsp3) is 0.571. The van der Waals surface area contributed by atoms with Crippen LogP contribution in [0.4, 0.5) is 0 Å². The summed E-state index contributed by atoms with van der Waals surface area (Å²) in [5.41, 5.74) is -0.622. The second-order valence-electron chi connectivity index (χ2n) is 3.17. The van der Waals surface area contributed by atoms with Crippen molar-refractivity contribution in [1.29, 1.82) is 0 Å². The molecule has 0 N–H and O–H groups in total. The zero-order chi connectivity index (χ0) is 9.94. The molecule has 0 rings (SSSR count). The first-order chi connectivity index (χ1) is 5.25. The first-order valence-electron chi connectivity index (χ1n) is 3.18. The summed E-state index contributed by atoms with van der Waals surface area (Å²) in [6.45, 7) is 5.09. The summed E-state index contributed by atoms with van der Waals surface area (Å²) in [7, 11) is 0. The molecule has 0 radical (unpaired) electrons. The van der Waals surface area contributed by atoms with Crippen molar-refractivity contribution in [2.45, 2.75) is 20.8 Å². The van der Waals surface area contributed by atoms with Gasteiger partial charge in [-0.05, 0) is 32.4 Å². The maximum atomic E-state index is 11.1. The Morgan fingerprint density at radius 2 is 1.58 bits per heavy atom. The number of ether oxygens (including phenoxy) is 1. The quantitative estimate of drug-likeness (QED) is 0.510. The molecule has 70 valence electrons. The summed E-state index contributed by atoms with van der Waals surface area (Å²) in [5.74, 6) is -0.480. The number of hydrogen-bond acceptors (Lipinski definition) is 2. The molecule has 0 aromatic rings. The van der Waals surface area contributed by atoms with Gasteiger partial charge in [-0.3, -0.25) is 4.79 Å². The van der Waals surface area contributed by atoms with Gasteiger partial charge >= 0.3 is 5.97 Å². The highest BCUT2D eigenvalue weighted by Gasteiger charge is 2.24. The van der Waals surface area contributed by atoms with Gasteiger partial charge in [-0.15, -0.1) is 0 Å². The van der Waals surface area contributed by atoms with E-state index in [2.05, 4.69) is 4.74 Å². The SMILES string of the molecule is CC(C)(C)C(=O)OC(Cl)=C(Cl)Cl. The van der Waals surface area contributed by atoms with Gasteiger partial charge in [-0.2, -0.15) is 0 Å². The molecular formula is C7H9Cl3O2. The highest BCUT2D eigenvalue weighted by Crippen LogP contribution is 2.23. The first kappa shape index (κ1) is 12.1. The number of halogens is 3. The molecule has 12 heavy (non-hydrogen) atoms. The van der Waals surface area contributed by atoms with E-state index in [1.54, 1.807) is 20.8 Å². The summed E-state index contributed by atoms with van der Waals surface area (Å²) in [6.07, 6.45) is 0. The van der Waals surface area contributed by atoms with Crippen molar-refractivity contribution in [2.24, 2.45) is 5.41 Å². The predicted molar refractivity (Wildman–Crippen MR) is 50.1 cm³/mol. The van der Waals surface area contributed by atoms with Crippen molar-refractivity contribution in [3.05, 3.63) is 9.71 Å². The molecular weight excluding hydrogens is 222 g/mol. The van der Waals surface area contributed by atoms with Gasteiger partial charge in [-0.1, -0.05) is 23.2 Å². The maximum absolute atomic E-state index is 11.1. The van der Waals surface area contributed by atoms with Gasteiger partial charge in [-0.25, -0.2) is 0 Å². The van der Waals surface area contributed by atoms with Crippen LogP contribution in [0.2, 0.25) is 0 Å². The molecule has 0 aliphatic carbocycles. The van der Waals surface area contributed by atoms with Crippen LogP contribution in [0.3, 0.4) is 0 Å². The van der Waals surface area contributed by atoms with E-state index in [1.807, 2.05) is 0 Å². The lowest BCUT2D eigenvalue weighted by molar-refractivity contribution is -0.147. The zero-order valence-corrected chi connectivity index (χ0v) is 9.22. The van der Waals surface area contributed by atoms with E-state index in [-0.39, 0.29) is 9.71 Å². The molecule has 0 aliphatic rings. The van der Waals surface area contributed by atoms with Gasteiger partial charge in [0, 0.05) is 0 Å². The Kier molecular flexibility index (Phi) is 4.38. The third-order valence-electron chi connectivity index (χ3n) is 0.943. The van der Waals surface area contributed by atoms with E-state index >= 15 is 0 Å². The average molecular weight is 232 g/mol. The monoisotopic (exact) mass is 230 g/mol. The molecule has 0 heterocycles. The number of carbonyl (C=O) groups is 1. The summed E-state index contributed by atoms with van der Waals surface area (Å²) in [6, 6.07) is 0. The number of esters is 1. The molecule has 0 atom stereocenters. The molecule has 0 amide bonds. The lowest BCUT2D eigenvalue weighted by atomic mass is 9.98. The van der Waals surface area contributed by atoms with E-state index < -0.39 is 11.4 Å². The minimum absolute atomic E-state index is 0.255. The van der Waals surface area contributed by atoms with E-state index in [0.29, 0.717) is 0 Å². The number of rotatable bonds is 1. The summed E-state index contributed by atoms with van der Waals surface area (Å²) >= 11 is 15.9. The molecule has 0 spiro atoms. The Balaban J connectivity index is 4.32. The predicted octanol–water partition coefficient (Wildman–Crippen LogP) is 3.42. The number of hydrogen-bond donors (Lipinski definition) is 0. The number of carbonyl (C=O) groups excluding carboxylic acids is 1. The van der Waals surface area contributed by atoms with Crippen molar-refractivity contribution in [3.63, 3.8) is 0 Å². The van der Waals surface area contributed by atoms with Gasteiger partial charge in [0.1, 0.15) is 0 Å². The molecule has 0 saturated carbocycles. The highest BCUT2D eigenvalue weighted by molar-refractivity contribution is 6.59. The van der Waals surface area contributed by atoms with Crippen LogP contribution >= 0.6 is 34.8 Å². The molecule has 0 fully saturated rings. The zero-order valence-electron chi connectivity index (χ0n) is 6.95. The van der Waals surface area contributed by atoms with Crippen LogP contribution in [0, 0.1) is 5.41 Å². The van der Waals surface area contributed by atoms with Crippen LogP contribution in [-0.4, -0.2) is 5.97 Å². The fourth-order valence-corrected chi connectivity index (χ4v) is 0.420. The minimum atomic E-state index is -0.622. The Morgan fingerprint density at radius 1 is 1.17 bits per heavy atom. The molecule has 0 aromatic heterocycles. The van der Waals surface area contributed by atoms with Crippen molar-refractivity contribution in [1.82, 2.24) is 0 Å². The molecule has 2 nitrogen and oxygen atoms in total. The smallest absolute Gasteiger partial charge is 0.317 e. The van der Waals surface area contributed by atoms with E-state index in [0.717, 1.165) is 0 Å². The van der Waals surface area contributed by atoms with Crippen LogP contribution in [-0.2, 0) is 9.53 Å². The lowest BCUT2D eigenvalue weighted by Gasteiger charge is -2.15. The van der Waals surface area contributed by atoms with Crippen LogP contribution in [0.15, 0.2) is 9.71 Å². The van der Waals surface area contributed by atoms with Crippen LogP contribution in [0.1, 0.15) is 20.8 Å². The van der Waals surface area contributed by atoms with E-state index in [9.17, 15) is 4.79 Å². The largest absolute Gasteiger partial charge is 0.411 e. The summed E-state index contributed by atoms with van der Waals surface area (Å²) < 4.78 is 4.36. The van der Waals surface area contributed by atoms with Gasteiger partial charge in [0.15, 0.2) is 4.49 Å². The summed E-state index contributed by atoms with van der Waals surface area (Å²) in [4.78, 5) is 11.1. The highest BCUT2D eigenvalue weighted by atomic mass is 35.5. The van der Waals surface area contributed by atoms with Crippen molar-refractivity contribution < 1.29 is 9.53 Å². The van der Waals surface area contributed by atoms with Gasteiger partial charge in [0.05, 0.1) is 5.41 Å². The second-order valence-corrected chi connectivity index (χ2v) is 4.47. The molecule has 0 aromatic carbocycles. The molecule has 0 aliphatic heterocycles. The Morgan fingerprint density at radius 3 is 1.83 bits per heavy atom. The van der Waals surface area contributed by atoms with Crippen LogP contribution in [0.5, 0.6) is 0 Å². The van der Waals surface area contributed by atoms with Gasteiger partial charge in [0.2, 0.25) is 5.22 Å². The van der Waals surface area contributed by atoms with E-state index in [1.165, 1.54) is 0 Å². The minimum Gasteiger partial charge on any atom is -0.411 e. The molecule has 0 unspecified atom stereocenters. The van der Waals surface area contributed by atoms with Gasteiger partial charge < -0.3 is 4.74 Å². The lowest BCUT2D eigenvalue weighted by Crippen LogP contribution is -2.21. The fourth-order valence-electron chi connectivity index (χ4n) is 0.273. The standard InChI is InChI=1S/C7H9Cl3O2/c1-7(2,3)6(11)12-5(10)4(8)9/h1-3H3. The summed E-state index contributed by atoms with van der Waals surface area (Å²) in [5, 5.41) is -0.293.